The Morgan fingerprint density at radius 1 is 1.39 bits per heavy atom. The summed E-state index contributed by atoms with van der Waals surface area (Å²) < 4.78 is 5.05. The first-order chi connectivity index (χ1) is 8.10. The Hall–Kier alpha value is -0.640. The first kappa shape index (κ1) is 17.4. The lowest BCUT2D eigenvalue weighted by Crippen LogP contribution is -2.10. The summed E-state index contributed by atoms with van der Waals surface area (Å²) in [5.74, 6) is 0.345. The zero-order valence-corrected chi connectivity index (χ0v) is 12.4. The molecule has 0 spiro atoms. The molecule has 0 bridgehead atoms. The van der Waals surface area contributed by atoms with Crippen molar-refractivity contribution in [2.24, 2.45) is 5.73 Å². The number of ether oxygens (including phenoxy) is 1. The zero-order valence-electron chi connectivity index (χ0n) is 10.8. The third-order valence-electron chi connectivity index (χ3n) is 2.82. The molecule has 0 saturated heterocycles. The van der Waals surface area contributed by atoms with Gasteiger partial charge in [0.05, 0.1) is 12.1 Å². The average molecular weight is 294 g/mol. The molecule has 0 aliphatic rings. The summed E-state index contributed by atoms with van der Waals surface area (Å²) in [6.45, 7) is 2.16. The smallest absolute Gasteiger partial charge is 0.176 e. The summed E-state index contributed by atoms with van der Waals surface area (Å²) in [6.07, 6.45) is 4.36. The number of phenols is 1. The molecule has 104 valence electrons. The van der Waals surface area contributed by atoms with E-state index in [1.807, 2.05) is 0 Å². The Morgan fingerprint density at radius 3 is 2.61 bits per heavy atom. The molecule has 3 nitrogen and oxygen atoms in total. The van der Waals surface area contributed by atoms with Crippen LogP contribution in [0.4, 0.5) is 0 Å². The summed E-state index contributed by atoms with van der Waals surface area (Å²) in [4.78, 5) is 0. The highest BCUT2D eigenvalue weighted by atomic mass is 35.5. The van der Waals surface area contributed by atoms with Crippen molar-refractivity contribution in [3.05, 3.63) is 22.7 Å². The van der Waals surface area contributed by atoms with E-state index < -0.39 is 0 Å². The Morgan fingerprint density at radius 2 is 2.06 bits per heavy atom. The maximum Gasteiger partial charge on any atom is 0.176 e. The van der Waals surface area contributed by atoms with E-state index in [9.17, 15) is 5.11 Å². The zero-order chi connectivity index (χ0) is 12.8. The van der Waals surface area contributed by atoms with Gasteiger partial charge in [0.2, 0.25) is 0 Å². The molecular formula is C13H21Cl2NO2. The Kier molecular flexibility index (Phi) is 8.16. The van der Waals surface area contributed by atoms with E-state index in [2.05, 4.69) is 6.92 Å². The molecule has 1 rings (SSSR count). The fourth-order valence-electron chi connectivity index (χ4n) is 1.74. The van der Waals surface area contributed by atoms with Crippen LogP contribution in [0.15, 0.2) is 12.1 Å². The molecule has 0 aliphatic carbocycles. The second-order valence-electron chi connectivity index (χ2n) is 4.16. The van der Waals surface area contributed by atoms with Crippen LogP contribution >= 0.6 is 24.0 Å². The molecule has 0 saturated carbocycles. The predicted octanol–water partition coefficient (Wildman–Crippen LogP) is 4.06. The summed E-state index contributed by atoms with van der Waals surface area (Å²) in [6, 6.07) is 3.39. The van der Waals surface area contributed by atoms with Crippen molar-refractivity contribution in [1.29, 1.82) is 0 Å². The van der Waals surface area contributed by atoms with Gasteiger partial charge >= 0.3 is 0 Å². The van der Waals surface area contributed by atoms with Crippen LogP contribution in [0.1, 0.15) is 44.2 Å². The molecule has 3 N–H and O–H groups in total. The topological polar surface area (TPSA) is 55.5 Å². The number of halogens is 2. The van der Waals surface area contributed by atoms with Crippen LogP contribution in [0.2, 0.25) is 5.02 Å². The molecule has 18 heavy (non-hydrogen) atoms. The highest BCUT2D eigenvalue weighted by Gasteiger charge is 2.13. The van der Waals surface area contributed by atoms with Gasteiger partial charge in [0, 0.05) is 6.04 Å². The lowest BCUT2D eigenvalue weighted by molar-refractivity contribution is 0.372. The van der Waals surface area contributed by atoms with E-state index in [1.54, 1.807) is 12.1 Å². The van der Waals surface area contributed by atoms with Gasteiger partial charge in [-0.1, -0.05) is 37.8 Å². The molecule has 0 amide bonds. The van der Waals surface area contributed by atoms with Crippen LogP contribution in [0, 0.1) is 0 Å². The van der Waals surface area contributed by atoms with Crippen LogP contribution in [-0.4, -0.2) is 12.2 Å². The minimum Gasteiger partial charge on any atom is -0.503 e. The van der Waals surface area contributed by atoms with Crippen molar-refractivity contribution in [1.82, 2.24) is 0 Å². The van der Waals surface area contributed by atoms with Crippen LogP contribution in [0.5, 0.6) is 11.5 Å². The number of methoxy groups -OCH3 is 1. The van der Waals surface area contributed by atoms with Crippen LogP contribution < -0.4 is 10.5 Å². The third-order valence-corrected chi connectivity index (χ3v) is 3.11. The Labute approximate surface area is 120 Å². The number of hydrogen-bond acceptors (Lipinski definition) is 3. The molecule has 0 fully saturated rings. The number of nitrogens with two attached hydrogens (primary N) is 1. The molecule has 0 radical (unpaired) electrons. The average Bonchev–Trinajstić information content (AvgIpc) is 2.32. The van der Waals surface area contributed by atoms with Gasteiger partial charge in [-0.15, -0.1) is 12.4 Å². The number of aromatic hydroxyl groups is 1. The first-order valence-corrected chi connectivity index (χ1v) is 6.29. The summed E-state index contributed by atoms with van der Waals surface area (Å²) in [5.41, 5.74) is 6.99. The maximum atomic E-state index is 9.62. The van der Waals surface area contributed by atoms with Gasteiger partial charge in [0.1, 0.15) is 0 Å². The molecule has 0 heterocycles. The quantitative estimate of drug-likeness (QED) is 0.778. The Balaban J connectivity index is 0.00000289. The van der Waals surface area contributed by atoms with Crippen molar-refractivity contribution in [3.8, 4) is 11.5 Å². The SMILES string of the molecule is CCCCC[C@H](N)c1cc(Cl)c(O)c(OC)c1.Cl. The van der Waals surface area contributed by atoms with E-state index >= 15 is 0 Å². The van der Waals surface area contributed by atoms with Gasteiger partial charge in [-0.2, -0.15) is 0 Å². The van der Waals surface area contributed by atoms with E-state index in [1.165, 1.54) is 20.0 Å². The highest BCUT2D eigenvalue weighted by Crippen LogP contribution is 2.36. The molecule has 0 aromatic heterocycles. The van der Waals surface area contributed by atoms with Gasteiger partial charge in [-0.3, -0.25) is 0 Å². The fourth-order valence-corrected chi connectivity index (χ4v) is 1.96. The molecular weight excluding hydrogens is 273 g/mol. The van der Waals surface area contributed by atoms with Crippen molar-refractivity contribution >= 4 is 24.0 Å². The van der Waals surface area contributed by atoms with Crippen molar-refractivity contribution in [2.45, 2.75) is 38.6 Å². The molecule has 1 atom stereocenters. The number of hydrogen-bond donors (Lipinski definition) is 2. The largest absolute Gasteiger partial charge is 0.503 e. The van der Waals surface area contributed by atoms with Crippen LogP contribution in [-0.2, 0) is 0 Å². The van der Waals surface area contributed by atoms with Gasteiger partial charge in [0.15, 0.2) is 11.5 Å². The minimum atomic E-state index is -0.0615. The standard InChI is InChI=1S/C13H20ClNO2.ClH/c1-3-4-5-6-11(15)9-7-10(14)13(16)12(8-9)17-2;/h7-8,11,16H,3-6,15H2,1-2H3;1H/t11-;/m0./s1. The fraction of sp³-hybridized carbons (Fsp3) is 0.538. The minimum absolute atomic E-state index is 0. The molecule has 1 aromatic carbocycles. The van der Waals surface area contributed by atoms with Crippen LogP contribution in [0.3, 0.4) is 0 Å². The molecule has 5 heteroatoms. The van der Waals surface area contributed by atoms with E-state index in [0.29, 0.717) is 5.75 Å². The number of rotatable bonds is 6. The van der Waals surface area contributed by atoms with Crippen molar-refractivity contribution in [3.63, 3.8) is 0 Å². The summed E-state index contributed by atoms with van der Waals surface area (Å²) >= 11 is 5.92. The molecule has 0 aliphatic heterocycles. The predicted molar refractivity (Wildman–Crippen MR) is 78.0 cm³/mol. The van der Waals surface area contributed by atoms with Gasteiger partial charge in [-0.25, -0.2) is 0 Å². The van der Waals surface area contributed by atoms with Crippen molar-refractivity contribution in [2.75, 3.05) is 7.11 Å². The number of benzene rings is 1. The number of unbranched alkanes of at least 4 members (excludes halogenated alkanes) is 2. The van der Waals surface area contributed by atoms with Gasteiger partial charge in [0.25, 0.3) is 0 Å². The normalized spacial score (nSPS) is 11.8. The third kappa shape index (κ3) is 4.56. The van der Waals surface area contributed by atoms with E-state index in [0.717, 1.165) is 18.4 Å². The first-order valence-electron chi connectivity index (χ1n) is 5.92. The summed E-state index contributed by atoms with van der Waals surface area (Å²) in [7, 11) is 1.50. The Bertz CT molecular complexity index is 372. The van der Waals surface area contributed by atoms with E-state index in [-0.39, 0.29) is 29.2 Å². The highest BCUT2D eigenvalue weighted by molar-refractivity contribution is 6.32. The number of phenolic OH excluding ortho intramolecular Hbond substituents is 1. The summed E-state index contributed by atoms with van der Waals surface area (Å²) in [5, 5.41) is 9.90. The molecule has 0 unspecified atom stereocenters. The second-order valence-corrected chi connectivity index (χ2v) is 4.56. The van der Waals surface area contributed by atoms with E-state index in [4.69, 9.17) is 22.1 Å². The second kappa shape index (κ2) is 8.46. The van der Waals surface area contributed by atoms with Gasteiger partial charge < -0.3 is 15.6 Å². The van der Waals surface area contributed by atoms with Crippen LogP contribution in [0.25, 0.3) is 0 Å². The lowest BCUT2D eigenvalue weighted by atomic mass is 10.0. The van der Waals surface area contributed by atoms with Gasteiger partial charge in [-0.05, 0) is 24.1 Å². The maximum absolute atomic E-state index is 9.62. The molecule has 1 aromatic rings. The monoisotopic (exact) mass is 293 g/mol. The lowest BCUT2D eigenvalue weighted by Gasteiger charge is -2.14. The van der Waals surface area contributed by atoms with Crippen molar-refractivity contribution < 1.29 is 9.84 Å².